The van der Waals surface area contributed by atoms with Gasteiger partial charge in [0.2, 0.25) is 5.91 Å². The van der Waals surface area contributed by atoms with E-state index in [9.17, 15) is 14.7 Å². The molecule has 1 amide bonds. The third-order valence-corrected chi connectivity index (χ3v) is 5.19. The van der Waals surface area contributed by atoms with Crippen molar-refractivity contribution in [1.29, 1.82) is 0 Å². The van der Waals surface area contributed by atoms with Crippen LogP contribution in [0.1, 0.15) is 12.2 Å². The number of carbonyl (C=O) groups is 2. The molecule has 2 bridgehead atoms. The molecule has 4 atom stereocenters. The Bertz CT molecular complexity index is 866. The maximum Gasteiger partial charge on any atom is 0.228 e. The van der Waals surface area contributed by atoms with Crippen LogP contribution in [0.25, 0.3) is 11.3 Å². The highest BCUT2D eigenvalue weighted by Gasteiger charge is 2.48. The van der Waals surface area contributed by atoms with E-state index in [1.165, 1.54) is 0 Å². The standard InChI is InChI=1S/C20H19NO4/c1-11-5-8-16(25-11)12-3-2-4-15(10-12)21-19(22)17-13-6-7-14(9-13)18(17)20(23)24/h2-8,10,13-14,17-18H,9H2,1H3,(H,21,22)(H,23,24)/p-1/t13-,14-,17+,18-/m1/s1. The lowest BCUT2D eigenvalue weighted by Crippen LogP contribution is -2.42. The molecular weight excluding hydrogens is 318 g/mol. The van der Waals surface area contributed by atoms with Crippen molar-refractivity contribution < 1.29 is 19.1 Å². The normalized spacial score (nSPS) is 26.8. The van der Waals surface area contributed by atoms with Crippen LogP contribution in [0.4, 0.5) is 5.69 Å². The summed E-state index contributed by atoms with van der Waals surface area (Å²) < 4.78 is 5.61. The zero-order chi connectivity index (χ0) is 17.6. The zero-order valence-electron chi connectivity index (χ0n) is 13.8. The van der Waals surface area contributed by atoms with E-state index < -0.39 is 17.8 Å². The van der Waals surface area contributed by atoms with E-state index in [-0.39, 0.29) is 17.7 Å². The van der Waals surface area contributed by atoms with E-state index in [2.05, 4.69) is 5.32 Å². The first-order valence-corrected chi connectivity index (χ1v) is 8.40. The number of amides is 1. The SMILES string of the molecule is Cc1ccc(-c2cccc(NC(=O)[C@@H]3[C@H](C(=O)[O-])[C@@H]4C=C[C@@H]3C4)c2)o1. The minimum Gasteiger partial charge on any atom is -0.550 e. The van der Waals surface area contributed by atoms with E-state index in [1.54, 1.807) is 6.07 Å². The number of allylic oxidation sites excluding steroid dienone is 2. The van der Waals surface area contributed by atoms with Crippen LogP contribution in [0.2, 0.25) is 0 Å². The van der Waals surface area contributed by atoms with Gasteiger partial charge in [-0.25, -0.2) is 0 Å². The molecule has 1 heterocycles. The molecule has 25 heavy (non-hydrogen) atoms. The minimum atomic E-state index is -1.14. The van der Waals surface area contributed by atoms with Crippen molar-refractivity contribution in [2.75, 3.05) is 5.32 Å². The van der Waals surface area contributed by atoms with Crippen molar-refractivity contribution in [3.8, 4) is 11.3 Å². The Morgan fingerprint density at radius 1 is 1.12 bits per heavy atom. The van der Waals surface area contributed by atoms with Crippen molar-refractivity contribution in [1.82, 2.24) is 0 Å². The van der Waals surface area contributed by atoms with E-state index in [0.29, 0.717) is 12.1 Å². The molecule has 1 aromatic heterocycles. The molecule has 2 aliphatic carbocycles. The van der Waals surface area contributed by atoms with Gasteiger partial charge in [-0.05, 0) is 49.4 Å². The highest BCUT2D eigenvalue weighted by atomic mass is 16.4. The third kappa shape index (κ3) is 2.76. The number of carboxylic acid groups (broad SMARTS) is 1. The lowest BCUT2D eigenvalue weighted by molar-refractivity contribution is -0.313. The molecule has 0 saturated heterocycles. The zero-order valence-corrected chi connectivity index (χ0v) is 13.8. The molecule has 5 nitrogen and oxygen atoms in total. The van der Waals surface area contributed by atoms with Crippen LogP contribution >= 0.6 is 0 Å². The van der Waals surface area contributed by atoms with Gasteiger partial charge in [-0.2, -0.15) is 0 Å². The smallest absolute Gasteiger partial charge is 0.228 e. The molecule has 1 fully saturated rings. The summed E-state index contributed by atoms with van der Waals surface area (Å²) in [6.45, 7) is 1.87. The van der Waals surface area contributed by atoms with Gasteiger partial charge < -0.3 is 19.6 Å². The van der Waals surface area contributed by atoms with E-state index in [4.69, 9.17) is 4.42 Å². The third-order valence-electron chi connectivity index (χ3n) is 5.19. The number of aryl methyl sites for hydroxylation is 1. The van der Waals surface area contributed by atoms with Crippen molar-refractivity contribution in [3.05, 3.63) is 54.3 Å². The molecular formula is C20H18NO4-. The largest absolute Gasteiger partial charge is 0.550 e. The predicted octanol–water partition coefficient (Wildman–Crippen LogP) is 2.38. The number of hydrogen-bond donors (Lipinski definition) is 1. The van der Waals surface area contributed by atoms with Crippen LogP contribution in [0, 0.1) is 30.6 Å². The van der Waals surface area contributed by atoms with Gasteiger partial charge in [-0.15, -0.1) is 0 Å². The molecule has 2 aliphatic rings. The number of nitrogens with one attached hydrogen (secondary N) is 1. The maximum absolute atomic E-state index is 12.7. The van der Waals surface area contributed by atoms with E-state index in [0.717, 1.165) is 17.1 Å². The average Bonchev–Trinajstić information content (AvgIpc) is 3.30. The first kappa shape index (κ1) is 15.7. The van der Waals surface area contributed by atoms with Gasteiger partial charge in [0.05, 0.1) is 5.92 Å². The van der Waals surface area contributed by atoms with Crippen LogP contribution in [0.5, 0.6) is 0 Å². The Balaban J connectivity index is 1.55. The molecule has 0 spiro atoms. The van der Waals surface area contributed by atoms with Crippen molar-refractivity contribution in [2.24, 2.45) is 23.7 Å². The fraction of sp³-hybridized carbons (Fsp3) is 0.300. The number of furan rings is 1. The number of fused-ring (bicyclic) bond motifs is 2. The molecule has 1 N–H and O–H groups in total. The molecule has 1 saturated carbocycles. The van der Waals surface area contributed by atoms with E-state index in [1.807, 2.05) is 49.4 Å². The molecule has 1 aromatic carbocycles. The molecule has 0 aliphatic heterocycles. The van der Waals surface area contributed by atoms with Gasteiger partial charge in [-0.3, -0.25) is 4.79 Å². The van der Waals surface area contributed by atoms with Crippen LogP contribution in [-0.4, -0.2) is 11.9 Å². The van der Waals surface area contributed by atoms with Crippen molar-refractivity contribution in [3.63, 3.8) is 0 Å². The summed E-state index contributed by atoms with van der Waals surface area (Å²) in [4.78, 5) is 24.2. The lowest BCUT2D eigenvalue weighted by Gasteiger charge is -2.27. The Morgan fingerprint density at radius 3 is 2.56 bits per heavy atom. The number of carboxylic acids is 1. The molecule has 0 radical (unpaired) electrons. The summed E-state index contributed by atoms with van der Waals surface area (Å²) in [6.07, 6.45) is 4.56. The first-order valence-electron chi connectivity index (χ1n) is 8.40. The lowest BCUT2D eigenvalue weighted by atomic mass is 9.82. The molecule has 0 unspecified atom stereocenters. The van der Waals surface area contributed by atoms with Gasteiger partial charge in [0, 0.05) is 23.1 Å². The van der Waals surface area contributed by atoms with Crippen LogP contribution in [0.15, 0.2) is 53.0 Å². The first-order chi connectivity index (χ1) is 12.0. The van der Waals surface area contributed by atoms with E-state index >= 15 is 0 Å². The highest BCUT2D eigenvalue weighted by Crippen LogP contribution is 2.48. The summed E-state index contributed by atoms with van der Waals surface area (Å²) in [7, 11) is 0. The van der Waals surface area contributed by atoms with Crippen molar-refractivity contribution in [2.45, 2.75) is 13.3 Å². The van der Waals surface area contributed by atoms with Gasteiger partial charge in [-0.1, -0.05) is 24.3 Å². The number of benzene rings is 1. The Hall–Kier alpha value is -2.82. The summed E-state index contributed by atoms with van der Waals surface area (Å²) in [5.74, 6) is -1.30. The quantitative estimate of drug-likeness (QED) is 0.869. The number of hydrogen-bond acceptors (Lipinski definition) is 4. The Morgan fingerprint density at radius 2 is 1.88 bits per heavy atom. The average molecular weight is 336 g/mol. The maximum atomic E-state index is 12.7. The Labute approximate surface area is 145 Å². The predicted molar refractivity (Wildman–Crippen MR) is 90.2 cm³/mol. The topological polar surface area (TPSA) is 82.4 Å². The van der Waals surface area contributed by atoms with Gasteiger partial charge in [0.25, 0.3) is 0 Å². The summed E-state index contributed by atoms with van der Waals surface area (Å²) in [5, 5.41) is 14.3. The molecule has 2 aromatic rings. The summed E-state index contributed by atoms with van der Waals surface area (Å²) in [5.41, 5.74) is 1.48. The highest BCUT2D eigenvalue weighted by molar-refractivity contribution is 5.96. The van der Waals surface area contributed by atoms with Gasteiger partial charge in [0.15, 0.2) is 0 Å². The van der Waals surface area contributed by atoms with Crippen LogP contribution < -0.4 is 10.4 Å². The monoisotopic (exact) mass is 336 g/mol. The number of carbonyl (C=O) groups excluding carboxylic acids is 2. The summed E-state index contributed by atoms with van der Waals surface area (Å²) in [6, 6.07) is 11.1. The number of rotatable bonds is 4. The molecule has 4 rings (SSSR count). The fourth-order valence-electron chi connectivity index (χ4n) is 4.07. The van der Waals surface area contributed by atoms with Crippen LogP contribution in [0.3, 0.4) is 0 Å². The second-order valence-corrected chi connectivity index (χ2v) is 6.80. The van der Waals surface area contributed by atoms with Crippen molar-refractivity contribution >= 4 is 17.6 Å². The van der Waals surface area contributed by atoms with Gasteiger partial charge in [0.1, 0.15) is 11.5 Å². The second-order valence-electron chi connectivity index (χ2n) is 6.80. The van der Waals surface area contributed by atoms with Crippen LogP contribution in [-0.2, 0) is 9.59 Å². The van der Waals surface area contributed by atoms with Gasteiger partial charge >= 0.3 is 0 Å². The number of anilines is 1. The number of aliphatic carboxylic acids is 1. The fourth-order valence-corrected chi connectivity index (χ4v) is 4.07. The Kier molecular flexibility index (Phi) is 3.71. The minimum absolute atomic E-state index is 0.0243. The molecule has 5 heteroatoms. The molecule has 128 valence electrons. The summed E-state index contributed by atoms with van der Waals surface area (Å²) >= 11 is 0. The second kappa shape index (κ2) is 5.92.